The molecular formula is C12H19N3S. The molecule has 0 aliphatic heterocycles. The molecule has 0 amide bonds. The molecule has 16 heavy (non-hydrogen) atoms. The summed E-state index contributed by atoms with van der Waals surface area (Å²) in [7, 11) is 0. The van der Waals surface area contributed by atoms with E-state index in [4.69, 9.17) is 5.73 Å². The molecule has 1 aromatic rings. The molecule has 0 bridgehead atoms. The van der Waals surface area contributed by atoms with E-state index in [2.05, 4.69) is 23.8 Å². The Balaban J connectivity index is 2.08. The molecule has 1 heterocycles. The molecule has 1 aliphatic rings. The average Bonchev–Trinajstić information content (AvgIpc) is 2.74. The average molecular weight is 237 g/mol. The Morgan fingerprint density at radius 1 is 1.38 bits per heavy atom. The number of nitrogen functional groups attached to an aromatic ring is 1. The maximum Gasteiger partial charge on any atom is 0.140 e. The van der Waals surface area contributed by atoms with Crippen LogP contribution in [0, 0.1) is 0 Å². The van der Waals surface area contributed by atoms with Crippen LogP contribution >= 0.6 is 11.8 Å². The first-order chi connectivity index (χ1) is 7.70. The summed E-state index contributed by atoms with van der Waals surface area (Å²) in [5.41, 5.74) is 8.33. The summed E-state index contributed by atoms with van der Waals surface area (Å²) in [6.07, 6.45) is 4.49. The van der Waals surface area contributed by atoms with Crippen molar-refractivity contribution in [1.29, 1.82) is 0 Å². The molecular weight excluding hydrogens is 218 g/mol. The van der Waals surface area contributed by atoms with Gasteiger partial charge in [0, 0.05) is 16.5 Å². The Morgan fingerprint density at radius 2 is 2.19 bits per heavy atom. The fourth-order valence-electron chi connectivity index (χ4n) is 1.91. The normalized spacial score (nSPS) is 16.1. The van der Waals surface area contributed by atoms with Crippen molar-refractivity contribution in [1.82, 2.24) is 9.97 Å². The van der Waals surface area contributed by atoms with E-state index >= 15 is 0 Å². The van der Waals surface area contributed by atoms with Crippen molar-refractivity contribution in [3.8, 4) is 0 Å². The maximum atomic E-state index is 5.95. The predicted molar refractivity (Wildman–Crippen MR) is 69.5 cm³/mol. The number of hydrogen-bond donors (Lipinski definition) is 1. The van der Waals surface area contributed by atoms with Crippen LogP contribution in [0.4, 0.5) is 5.82 Å². The third-order valence-corrected chi connectivity index (χ3v) is 4.41. The van der Waals surface area contributed by atoms with E-state index in [1.54, 1.807) is 0 Å². The zero-order valence-electron chi connectivity index (χ0n) is 9.99. The van der Waals surface area contributed by atoms with Crippen LogP contribution in [-0.4, -0.2) is 15.2 Å². The van der Waals surface area contributed by atoms with Gasteiger partial charge in [0.1, 0.15) is 11.6 Å². The number of thioether (sulfide) groups is 1. The Bertz CT molecular complexity index is 379. The SMILES string of the molecule is CCC(C)SCc1nc(N)c2c(n1)CCC2. The molecule has 88 valence electrons. The van der Waals surface area contributed by atoms with Crippen LogP contribution < -0.4 is 5.73 Å². The molecule has 2 N–H and O–H groups in total. The van der Waals surface area contributed by atoms with Gasteiger partial charge in [0.15, 0.2) is 0 Å². The van der Waals surface area contributed by atoms with Gasteiger partial charge in [-0.25, -0.2) is 9.97 Å². The standard InChI is InChI=1S/C12H19N3S/c1-3-8(2)16-7-11-14-10-6-4-5-9(10)12(13)15-11/h8H,3-7H2,1-2H3,(H2,13,14,15). The lowest BCUT2D eigenvalue weighted by atomic mass is 10.2. The smallest absolute Gasteiger partial charge is 0.140 e. The molecule has 0 radical (unpaired) electrons. The highest BCUT2D eigenvalue weighted by Crippen LogP contribution is 2.26. The number of hydrogen-bond acceptors (Lipinski definition) is 4. The van der Waals surface area contributed by atoms with Crippen molar-refractivity contribution < 1.29 is 0 Å². The van der Waals surface area contributed by atoms with E-state index in [1.807, 2.05) is 11.8 Å². The topological polar surface area (TPSA) is 51.8 Å². The molecule has 4 heteroatoms. The highest BCUT2D eigenvalue weighted by molar-refractivity contribution is 7.99. The second-order valence-corrected chi connectivity index (χ2v) is 5.76. The molecule has 3 nitrogen and oxygen atoms in total. The van der Waals surface area contributed by atoms with Gasteiger partial charge in [-0.2, -0.15) is 11.8 Å². The largest absolute Gasteiger partial charge is 0.383 e. The first-order valence-electron chi connectivity index (χ1n) is 5.96. The predicted octanol–water partition coefficient (Wildman–Crippen LogP) is 2.58. The maximum absolute atomic E-state index is 5.95. The molecule has 0 spiro atoms. The lowest BCUT2D eigenvalue weighted by Gasteiger charge is -2.09. The molecule has 1 unspecified atom stereocenters. The van der Waals surface area contributed by atoms with Crippen LogP contribution in [0.1, 0.15) is 43.8 Å². The number of anilines is 1. The number of fused-ring (bicyclic) bond motifs is 1. The molecule has 0 saturated carbocycles. The van der Waals surface area contributed by atoms with E-state index in [0.29, 0.717) is 11.1 Å². The summed E-state index contributed by atoms with van der Waals surface area (Å²) in [4.78, 5) is 9.01. The summed E-state index contributed by atoms with van der Waals surface area (Å²) in [6, 6.07) is 0. The van der Waals surface area contributed by atoms with Crippen molar-refractivity contribution in [2.24, 2.45) is 0 Å². The van der Waals surface area contributed by atoms with Gasteiger partial charge in [-0.3, -0.25) is 0 Å². The minimum Gasteiger partial charge on any atom is -0.383 e. The highest BCUT2D eigenvalue weighted by atomic mass is 32.2. The third kappa shape index (κ3) is 2.48. The Morgan fingerprint density at radius 3 is 2.94 bits per heavy atom. The number of aryl methyl sites for hydroxylation is 1. The number of nitrogens with zero attached hydrogens (tertiary/aromatic N) is 2. The van der Waals surface area contributed by atoms with E-state index < -0.39 is 0 Å². The third-order valence-electron chi connectivity index (χ3n) is 3.08. The summed E-state index contributed by atoms with van der Waals surface area (Å²) < 4.78 is 0. The lowest BCUT2D eigenvalue weighted by molar-refractivity contribution is 0.888. The van der Waals surface area contributed by atoms with E-state index in [1.165, 1.54) is 24.1 Å². The van der Waals surface area contributed by atoms with Gasteiger partial charge in [0.2, 0.25) is 0 Å². The van der Waals surface area contributed by atoms with E-state index in [9.17, 15) is 0 Å². The summed E-state index contributed by atoms with van der Waals surface area (Å²) in [5.74, 6) is 2.50. The molecule has 1 aliphatic carbocycles. The Hall–Kier alpha value is -0.770. The van der Waals surface area contributed by atoms with E-state index in [-0.39, 0.29) is 0 Å². The van der Waals surface area contributed by atoms with Crippen LogP contribution in [0.2, 0.25) is 0 Å². The van der Waals surface area contributed by atoms with Crippen molar-refractivity contribution >= 4 is 17.6 Å². The van der Waals surface area contributed by atoms with Gasteiger partial charge >= 0.3 is 0 Å². The second-order valence-electron chi connectivity index (χ2n) is 4.33. The molecule has 0 fully saturated rings. The van der Waals surface area contributed by atoms with Crippen molar-refractivity contribution in [2.75, 3.05) is 5.73 Å². The monoisotopic (exact) mass is 237 g/mol. The van der Waals surface area contributed by atoms with Crippen LogP contribution in [0.5, 0.6) is 0 Å². The van der Waals surface area contributed by atoms with Crippen LogP contribution in [0.15, 0.2) is 0 Å². The first kappa shape index (κ1) is 11.7. The van der Waals surface area contributed by atoms with Gasteiger partial charge in [-0.1, -0.05) is 13.8 Å². The van der Waals surface area contributed by atoms with Crippen LogP contribution in [0.3, 0.4) is 0 Å². The zero-order chi connectivity index (χ0) is 11.5. The molecule has 0 aromatic carbocycles. The quantitative estimate of drug-likeness (QED) is 0.874. The second kappa shape index (κ2) is 5.04. The van der Waals surface area contributed by atoms with Gasteiger partial charge in [-0.05, 0) is 25.7 Å². The van der Waals surface area contributed by atoms with Gasteiger partial charge in [0.25, 0.3) is 0 Å². The van der Waals surface area contributed by atoms with Crippen LogP contribution in [0.25, 0.3) is 0 Å². The first-order valence-corrected chi connectivity index (χ1v) is 7.01. The fraction of sp³-hybridized carbons (Fsp3) is 0.667. The zero-order valence-corrected chi connectivity index (χ0v) is 10.8. The Labute approximate surface area is 101 Å². The van der Waals surface area contributed by atoms with Crippen molar-refractivity contribution in [2.45, 2.75) is 50.5 Å². The van der Waals surface area contributed by atoms with Crippen LogP contribution in [-0.2, 0) is 18.6 Å². The molecule has 1 aromatic heterocycles. The summed E-state index contributed by atoms with van der Waals surface area (Å²) >= 11 is 1.90. The van der Waals surface area contributed by atoms with E-state index in [0.717, 1.165) is 24.4 Å². The summed E-state index contributed by atoms with van der Waals surface area (Å²) in [6.45, 7) is 4.44. The number of rotatable bonds is 4. The minimum atomic E-state index is 0.665. The van der Waals surface area contributed by atoms with Gasteiger partial charge in [0.05, 0.1) is 5.75 Å². The van der Waals surface area contributed by atoms with Gasteiger partial charge in [-0.15, -0.1) is 0 Å². The Kier molecular flexibility index (Phi) is 3.69. The van der Waals surface area contributed by atoms with Gasteiger partial charge < -0.3 is 5.73 Å². The lowest BCUT2D eigenvalue weighted by Crippen LogP contribution is -2.05. The van der Waals surface area contributed by atoms with Crippen molar-refractivity contribution in [3.63, 3.8) is 0 Å². The molecule has 2 rings (SSSR count). The molecule has 0 saturated heterocycles. The minimum absolute atomic E-state index is 0.665. The fourth-order valence-corrected chi connectivity index (χ4v) is 2.71. The van der Waals surface area contributed by atoms with Crippen molar-refractivity contribution in [3.05, 3.63) is 17.1 Å². The molecule has 1 atom stereocenters. The summed E-state index contributed by atoms with van der Waals surface area (Å²) in [5, 5.41) is 0.665. The number of nitrogens with two attached hydrogens (primary N) is 1. The number of aromatic nitrogens is 2. The highest BCUT2D eigenvalue weighted by Gasteiger charge is 2.17.